The highest BCUT2D eigenvalue weighted by Gasteiger charge is 2.29. The molecule has 0 spiro atoms. The third-order valence-corrected chi connectivity index (χ3v) is 3.60. The molecule has 1 aliphatic rings. The van der Waals surface area contributed by atoms with Gasteiger partial charge in [0.25, 0.3) is 0 Å². The summed E-state index contributed by atoms with van der Waals surface area (Å²) in [4.78, 5) is 2.13. The Bertz CT molecular complexity index is 215. The number of hydrogen-bond acceptors (Lipinski definition) is 4. The molecule has 0 aromatic carbocycles. The number of rotatable bonds is 6. The van der Waals surface area contributed by atoms with Gasteiger partial charge in [-0.15, -0.1) is 0 Å². The first-order chi connectivity index (χ1) is 7.95. The molecular formula is C13H27NO3. The summed E-state index contributed by atoms with van der Waals surface area (Å²) >= 11 is 0. The van der Waals surface area contributed by atoms with Crippen molar-refractivity contribution in [1.29, 1.82) is 0 Å². The van der Waals surface area contributed by atoms with Gasteiger partial charge in [0.2, 0.25) is 0 Å². The van der Waals surface area contributed by atoms with Crippen LogP contribution >= 0.6 is 0 Å². The lowest BCUT2D eigenvalue weighted by molar-refractivity contribution is -0.0904. The van der Waals surface area contributed by atoms with Crippen LogP contribution in [0, 0.1) is 0 Å². The molecule has 1 aliphatic heterocycles. The van der Waals surface area contributed by atoms with E-state index in [4.69, 9.17) is 9.47 Å². The first-order valence-corrected chi connectivity index (χ1v) is 6.49. The fraction of sp³-hybridized carbons (Fsp3) is 1.00. The molecule has 4 heteroatoms. The fourth-order valence-electron chi connectivity index (χ4n) is 2.02. The molecule has 17 heavy (non-hydrogen) atoms. The van der Waals surface area contributed by atoms with E-state index in [1.54, 1.807) is 7.11 Å². The van der Waals surface area contributed by atoms with Crippen LogP contribution in [0.3, 0.4) is 0 Å². The standard InChI is InChI=1S/C13H27NO3/c1-13(2,16-4)12(15)10-14(3)9-11-7-5-6-8-17-11/h11-12,15H,5-10H2,1-4H3. The molecule has 0 saturated carbocycles. The van der Waals surface area contributed by atoms with E-state index in [1.165, 1.54) is 12.8 Å². The summed E-state index contributed by atoms with van der Waals surface area (Å²) in [6, 6.07) is 0. The van der Waals surface area contributed by atoms with E-state index in [2.05, 4.69) is 4.90 Å². The van der Waals surface area contributed by atoms with E-state index in [9.17, 15) is 5.11 Å². The Balaban J connectivity index is 2.30. The van der Waals surface area contributed by atoms with Crippen LogP contribution in [-0.2, 0) is 9.47 Å². The molecule has 1 fully saturated rings. The summed E-state index contributed by atoms with van der Waals surface area (Å²) in [6.45, 7) is 6.19. The smallest absolute Gasteiger partial charge is 0.0950 e. The second-order valence-corrected chi connectivity index (χ2v) is 5.53. The van der Waals surface area contributed by atoms with Crippen molar-refractivity contribution in [3.8, 4) is 0 Å². The van der Waals surface area contributed by atoms with Gasteiger partial charge in [0.1, 0.15) is 0 Å². The van der Waals surface area contributed by atoms with Crippen molar-refractivity contribution in [2.24, 2.45) is 0 Å². The minimum atomic E-state index is -0.498. The molecule has 1 rings (SSSR count). The number of hydrogen-bond donors (Lipinski definition) is 1. The summed E-state index contributed by atoms with van der Waals surface area (Å²) in [5.74, 6) is 0. The number of nitrogens with zero attached hydrogens (tertiary/aromatic N) is 1. The minimum absolute atomic E-state index is 0.326. The maximum absolute atomic E-state index is 10.1. The predicted octanol–water partition coefficient (Wildman–Crippen LogP) is 1.27. The highest BCUT2D eigenvalue weighted by Crippen LogP contribution is 2.16. The Kier molecular flexibility index (Phi) is 5.86. The highest BCUT2D eigenvalue weighted by molar-refractivity contribution is 4.81. The molecule has 0 radical (unpaired) electrons. The predicted molar refractivity (Wildman–Crippen MR) is 68.2 cm³/mol. The van der Waals surface area contributed by atoms with Gasteiger partial charge in [-0.1, -0.05) is 0 Å². The van der Waals surface area contributed by atoms with Gasteiger partial charge in [0.15, 0.2) is 0 Å². The lowest BCUT2D eigenvalue weighted by Crippen LogP contribution is -2.47. The van der Waals surface area contributed by atoms with E-state index < -0.39 is 11.7 Å². The van der Waals surface area contributed by atoms with Gasteiger partial charge in [-0.2, -0.15) is 0 Å². The molecular weight excluding hydrogens is 218 g/mol. The lowest BCUT2D eigenvalue weighted by Gasteiger charge is -2.34. The molecule has 1 N–H and O–H groups in total. The minimum Gasteiger partial charge on any atom is -0.389 e. The lowest BCUT2D eigenvalue weighted by atomic mass is 10.0. The van der Waals surface area contributed by atoms with Crippen LogP contribution < -0.4 is 0 Å². The van der Waals surface area contributed by atoms with Gasteiger partial charge >= 0.3 is 0 Å². The van der Waals surface area contributed by atoms with Crippen molar-refractivity contribution in [1.82, 2.24) is 4.90 Å². The molecule has 4 nitrogen and oxygen atoms in total. The highest BCUT2D eigenvalue weighted by atomic mass is 16.5. The Morgan fingerprint density at radius 2 is 2.18 bits per heavy atom. The van der Waals surface area contributed by atoms with Crippen LogP contribution in [0.25, 0.3) is 0 Å². The molecule has 2 unspecified atom stereocenters. The average molecular weight is 245 g/mol. The van der Waals surface area contributed by atoms with Gasteiger partial charge < -0.3 is 19.5 Å². The van der Waals surface area contributed by atoms with Gasteiger partial charge in [0.05, 0.1) is 17.8 Å². The number of likely N-dealkylation sites (N-methyl/N-ethyl adjacent to an activating group) is 1. The summed E-state index contributed by atoms with van der Waals surface area (Å²) in [5.41, 5.74) is -0.498. The molecule has 102 valence electrons. The number of ether oxygens (including phenoxy) is 2. The molecule has 2 atom stereocenters. The zero-order valence-corrected chi connectivity index (χ0v) is 11.6. The third kappa shape index (κ3) is 4.92. The molecule has 0 aromatic heterocycles. The summed E-state index contributed by atoms with van der Waals surface area (Å²) in [6.07, 6.45) is 3.41. The van der Waals surface area contributed by atoms with Gasteiger partial charge in [-0.25, -0.2) is 0 Å². The van der Waals surface area contributed by atoms with Crippen LogP contribution in [0.5, 0.6) is 0 Å². The van der Waals surface area contributed by atoms with Crippen molar-refractivity contribution in [2.45, 2.75) is 50.9 Å². The van der Waals surface area contributed by atoms with Gasteiger partial charge in [0, 0.05) is 26.8 Å². The van der Waals surface area contributed by atoms with Crippen LogP contribution in [0.2, 0.25) is 0 Å². The topological polar surface area (TPSA) is 41.9 Å². The summed E-state index contributed by atoms with van der Waals surface area (Å²) in [7, 11) is 3.65. The SMILES string of the molecule is COC(C)(C)C(O)CN(C)CC1CCCCO1. The Hall–Kier alpha value is -0.160. The van der Waals surface area contributed by atoms with E-state index in [0.717, 1.165) is 19.6 Å². The van der Waals surface area contributed by atoms with Crippen LogP contribution in [0.4, 0.5) is 0 Å². The summed E-state index contributed by atoms with van der Waals surface area (Å²) in [5, 5.41) is 10.1. The number of methoxy groups -OCH3 is 1. The Morgan fingerprint density at radius 3 is 2.71 bits per heavy atom. The number of aliphatic hydroxyl groups is 1. The fourth-order valence-corrected chi connectivity index (χ4v) is 2.02. The van der Waals surface area contributed by atoms with E-state index in [0.29, 0.717) is 12.6 Å². The molecule has 1 heterocycles. The van der Waals surface area contributed by atoms with E-state index in [-0.39, 0.29) is 0 Å². The third-order valence-electron chi connectivity index (χ3n) is 3.60. The van der Waals surface area contributed by atoms with Crippen molar-refractivity contribution in [3.63, 3.8) is 0 Å². The second kappa shape index (κ2) is 6.69. The van der Waals surface area contributed by atoms with Crippen LogP contribution in [0.15, 0.2) is 0 Å². The maximum atomic E-state index is 10.1. The van der Waals surface area contributed by atoms with E-state index >= 15 is 0 Å². The van der Waals surface area contributed by atoms with Crippen molar-refractivity contribution in [2.75, 3.05) is 33.9 Å². The maximum Gasteiger partial charge on any atom is 0.0950 e. The Morgan fingerprint density at radius 1 is 1.47 bits per heavy atom. The molecule has 0 amide bonds. The molecule has 1 saturated heterocycles. The van der Waals surface area contributed by atoms with Gasteiger partial charge in [-0.3, -0.25) is 0 Å². The van der Waals surface area contributed by atoms with Crippen LogP contribution in [0.1, 0.15) is 33.1 Å². The first kappa shape index (κ1) is 14.9. The van der Waals surface area contributed by atoms with Crippen molar-refractivity contribution in [3.05, 3.63) is 0 Å². The monoisotopic (exact) mass is 245 g/mol. The second-order valence-electron chi connectivity index (χ2n) is 5.53. The number of aliphatic hydroxyl groups excluding tert-OH is 1. The normalized spacial score (nSPS) is 24.0. The summed E-state index contributed by atoms with van der Waals surface area (Å²) < 4.78 is 11.0. The van der Waals surface area contributed by atoms with E-state index in [1.807, 2.05) is 20.9 Å². The molecule has 0 bridgehead atoms. The van der Waals surface area contributed by atoms with Crippen molar-refractivity contribution < 1.29 is 14.6 Å². The molecule has 0 aliphatic carbocycles. The quantitative estimate of drug-likeness (QED) is 0.765. The first-order valence-electron chi connectivity index (χ1n) is 6.49. The molecule has 0 aromatic rings. The Labute approximate surface area is 105 Å². The van der Waals surface area contributed by atoms with Crippen LogP contribution in [-0.4, -0.2) is 61.7 Å². The zero-order valence-electron chi connectivity index (χ0n) is 11.6. The van der Waals surface area contributed by atoms with Crippen molar-refractivity contribution >= 4 is 0 Å². The average Bonchev–Trinajstić information content (AvgIpc) is 2.30. The largest absolute Gasteiger partial charge is 0.389 e. The zero-order chi connectivity index (χ0) is 12.9. The van der Waals surface area contributed by atoms with Gasteiger partial charge in [-0.05, 0) is 40.2 Å².